The Morgan fingerprint density at radius 2 is 2.19 bits per heavy atom. The lowest BCUT2D eigenvalue weighted by Gasteiger charge is -2.14. The number of nitrogens with one attached hydrogen (secondary N) is 2. The first-order chi connectivity index (χ1) is 7.84. The Kier molecular flexibility index (Phi) is 4.74. The zero-order valence-corrected chi connectivity index (χ0v) is 10.6. The van der Waals surface area contributed by atoms with Crippen LogP contribution in [0.5, 0.6) is 0 Å². The van der Waals surface area contributed by atoms with E-state index in [2.05, 4.69) is 15.3 Å². The number of rotatable bonds is 3. The van der Waals surface area contributed by atoms with E-state index in [1.165, 1.54) is 17.8 Å². The molecule has 0 atom stereocenters. The van der Waals surface area contributed by atoms with Crippen molar-refractivity contribution in [3.63, 3.8) is 0 Å². The maximum atomic E-state index is 11.1. The summed E-state index contributed by atoms with van der Waals surface area (Å²) in [5, 5.41) is 3.45. The standard InChI is InChI=1S/C10H15N3OS2/c14-10-3-8(12-7-13-10)4-11-9-5-15-1-2-16-6-9/h3,7,9,11H,1-2,4-6H2,(H,12,13,14). The predicted molar refractivity (Wildman–Crippen MR) is 70.1 cm³/mol. The third-order valence-electron chi connectivity index (χ3n) is 2.32. The molecule has 4 nitrogen and oxygen atoms in total. The largest absolute Gasteiger partial charge is 0.313 e. The Bertz CT molecular complexity index is 374. The van der Waals surface area contributed by atoms with Gasteiger partial charge in [-0.3, -0.25) is 4.79 Å². The fourth-order valence-corrected chi connectivity index (χ4v) is 3.96. The molecule has 1 fully saturated rings. The molecule has 0 spiro atoms. The van der Waals surface area contributed by atoms with E-state index in [1.54, 1.807) is 6.07 Å². The molecule has 16 heavy (non-hydrogen) atoms. The van der Waals surface area contributed by atoms with Gasteiger partial charge in [-0.15, -0.1) is 0 Å². The average molecular weight is 257 g/mol. The van der Waals surface area contributed by atoms with E-state index in [1.807, 2.05) is 23.5 Å². The van der Waals surface area contributed by atoms with Crippen LogP contribution in [0, 0.1) is 0 Å². The Labute approximate surface area is 103 Å². The second-order valence-electron chi connectivity index (χ2n) is 3.63. The van der Waals surface area contributed by atoms with Gasteiger partial charge in [-0.2, -0.15) is 23.5 Å². The van der Waals surface area contributed by atoms with Gasteiger partial charge < -0.3 is 10.3 Å². The molecule has 1 saturated heterocycles. The molecule has 0 aliphatic carbocycles. The minimum atomic E-state index is -0.0867. The molecule has 2 N–H and O–H groups in total. The molecule has 2 rings (SSSR count). The highest BCUT2D eigenvalue weighted by Crippen LogP contribution is 2.16. The van der Waals surface area contributed by atoms with E-state index in [4.69, 9.17) is 0 Å². The number of H-pyrrole nitrogens is 1. The maximum Gasteiger partial charge on any atom is 0.250 e. The molecular weight excluding hydrogens is 242 g/mol. The number of aromatic nitrogens is 2. The quantitative estimate of drug-likeness (QED) is 0.835. The smallest absolute Gasteiger partial charge is 0.250 e. The first-order valence-corrected chi connectivity index (χ1v) is 7.58. The van der Waals surface area contributed by atoms with E-state index in [0.29, 0.717) is 12.6 Å². The van der Waals surface area contributed by atoms with Crippen LogP contribution in [-0.4, -0.2) is 39.0 Å². The molecule has 2 heterocycles. The normalized spacial score (nSPS) is 18.2. The molecule has 0 bridgehead atoms. The van der Waals surface area contributed by atoms with E-state index < -0.39 is 0 Å². The molecule has 1 aromatic heterocycles. The van der Waals surface area contributed by atoms with Crippen LogP contribution in [0.15, 0.2) is 17.2 Å². The molecule has 1 aliphatic heterocycles. The lowest BCUT2D eigenvalue weighted by Crippen LogP contribution is -2.33. The number of nitrogens with zero attached hydrogens (tertiary/aromatic N) is 1. The van der Waals surface area contributed by atoms with Gasteiger partial charge >= 0.3 is 0 Å². The van der Waals surface area contributed by atoms with E-state index >= 15 is 0 Å². The summed E-state index contributed by atoms with van der Waals surface area (Å²) in [5.74, 6) is 4.78. The van der Waals surface area contributed by atoms with Crippen LogP contribution < -0.4 is 10.9 Å². The predicted octanol–water partition coefficient (Wildman–Crippen LogP) is 0.708. The Morgan fingerprint density at radius 3 is 2.88 bits per heavy atom. The van der Waals surface area contributed by atoms with Crippen LogP contribution in [0.2, 0.25) is 0 Å². The van der Waals surface area contributed by atoms with E-state index in [-0.39, 0.29) is 5.56 Å². The van der Waals surface area contributed by atoms with Gasteiger partial charge in [0.25, 0.3) is 5.56 Å². The second-order valence-corrected chi connectivity index (χ2v) is 5.93. The van der Waals surface area contributed by atoms with Crippen LogP contribution in [-0.2, 0) is 6.54 Å². The van der Waals surface area contributed by atoms with Crippen molar-refractivity contribution in [1.29, 1.82) is 0 Å². The van der Waals surface area contributed by atoms with Gasteiger partial charge in [0.1, 0.15) is 0 Å². The fraction of sp³-hybridized carbons (Fsp3) is 0.600. The molecule has 0 aromatic carbocycles. The summed E-state index contributed by atoms with van der Waals surface area (Å²) in [6.07, 6.45) is 1.45. The zero-order valence-electron chi connectivity index (χ0n) is 8.94. The van der Waals surface area contributed by atoms with Crippen LogP contribution >= 0.6 is 23.5 Å². The summed E-state index contributed by atoms with van der Waals surface area (Å²) < 4.78 is 0. The van der Waals surface area contributed by atoms with Crippen molar-refractivity contribution >= 4 is 23.5 Å². The molecule has 0 amide bonds. The molecule has 0 unspecified atom stereocenters. The van der Waals surface area contributed by atoms with E-state index in [9.17, 15) is 4.79 Å². The van der Waals surface area contributed by atoms with Gasteiger partial charge in [0.2, 0.25) is 0 Å². The molecule has 6 heteroatoms. The highest BCUT2D eigenvalue weighted by molar-refractivity contribution is 8.03. The number of thioether (sulfide) groups is 2. The van der Waals surface area contributed by atoms with Gasteiger partial charge in [-0.1, -0.05) is 0 Å². The average Bonchev–Trinajstić information content (AvgIpc) is 2.55. The van der Waals surface area contributed by atoms with Crippen molar-refractivity contribution < 1.29 is 0 Å². The summed E-state index contributed by atoms with van der Waals surface area (Å²) in [7, 11) is 0. The summed E-state index contributed by atoms with van der Waals surface area (Å²) in [6.45, 7) is 0.676. The van der Waals surface area contributed by atoms with Crippen molar-refractivity contribution in [1.82, 2.24) is 15.3 Å². The monoisotopic (exact) mass is 257 g/mol. The van der Waals surface area contributed by atoms with Gasteiger partial charge in [0.15, 0.2) is 0 Å². The van der Waals surface area contributed by atoms with Crippen LogP contribution in [0.3, 0.4) is 0 Å². The first kappa shape index (κ1) is 12.0. The summed E-state index contributed by atoms with van der Waals surface area (Å²) in [4.78, 5) is 17.7. The zero-order chi connectivity index (χ0) is 11.2. The lowest BCUT2D eigenvalue weighted by atomic mass is 10.3. The third kappa shape index (κ3) is 3.84. The van der Waals surface area contributed by atoms with E-state index in [0.717, 1.165) is 17.2 Å². The Morgan fingerprint density at radius 1 is 1.44 bits per heavy atom. The van der Waals surface area contributed by atoms with Crippen molar-refractivity contribution in [2.24, 2.45) is 0 Å². The summed E-state index contributed by atoms with van der Waals surface area (Å²) in [5.41, 5.74) is 0.722. The van der Waals surface area contributed by atoms with Gasteiger partial charge in [-0.25, -0.2) is 4.98 Å². The highest BCUT2D eigenvalue weighted by Gasteiger charge is 2.12. The number of hydrogen-bond acceptors (Lipinski definition) is 5. The van der Waals surface area contributed by atoms with Crippen molar-refractivity contribution in [2.45, 2.75) is 12.6 Å². The Hall–Kier alpha value is -0.460. The summed E-state index contributed by atoms with van der Waals surface area (Å²) in [6, 6.07) is 2.07. The van der Waals surface area contributed by atoms with Crippen molar-refractivity contribution in [3.8, 4) is 0 Å². The topological polar surface area (TPSA) is 57.8 Å². The highest BCUT2D eigenvalue weighted by atomic mass is 32.2. The van der Waals surface area contributed by atoms with Crippen molar-refractivity contribution in [3.05, 3.63) is 28.4 Å². The SMILES string of the molecule is O=c1cc(CNC2CSCCSC2)nc[nH]1. The molecule has 1 aromatic rings. The minimum absolute atomic E-state index is 0.0867. The Balaban J connectivity index is 1.84. The maximum absolute atomic E-state index is 11.1. The lowest BCUT2D eigenvalue weighted by molar-refractivity contribution is 0.594. The van der Waals surface area contributed by atoms with Crippen LogP contribution in [0.1, 0.15) is 5.69 Å². The van der Waals surface area contributed by atoms with Crippen LogP contribution in [0.4, 0.5) is 0 Å². The third-order valence-corrected chi connectivity index (χ3v) is 4.84. The number of hydrogen-bond donors (Lipinski definition) is 2. The van der Waals surface area contributed by atoms with Crippen molar-refractivity contribution in [2.75, 3.05) is 23.0 Å². The number of aromatic amines is 1. The minimum Gasteiger partial charge on any atom is -0.313 e. The molecular formula is C10H15N3OS2. The molecule has 0 saturated carbocycles. The second kappa shape index (κ2) is 6.32. The summed E-state index contributed by atoms with van der Waals surface area (Å²) >= 11 is 3.98. The molecule has 1 aliphatic rings. The van der Waals surface area contributed by atoms with Gasteiger partial charge in [0.05, 0.1) is 12.0 Å². The molecule has 0 radical (unpaired) electrons. The van der Waals surface area contributed by atoms with Gasteiger partial charge in [0, 0.05) is 41.7 Å². The van der Waals surface area contributed by atoms with Crippen LogP contribution in [0.25, 0.3) is 0 Å². The molecule has 88 valence electrons. The van der Waals surface area contributed by atoms with Gasteiger partial charge in [-0.05, 0) is 0 Å². The first-order valence-electron chi connectivity index (χ1n) is 5.27. The fourth-order valence-electron chi connectivity index (χ4n) is 1.49.